The topological polar surface area (TPSA) is 21.6 Å². The van der Waals surface area contributed by atoms with Gasteiger partial charge in [-0.15, -0.1) is 0 Å². The molecule has 0 bridgehead atoms. The number of nitrogens with zero attached hydrogens (tertiary/aromatic N) is 1. The summed E-state index contributed by atoms with van der Waals surface area (Å²) in [6, 6.07) is 18.4. The lowest BCUT2D eigenvalue weighted by Crippen LogP contribution is -2.00. The van der Waals surface area contributed by atoms with Gasteiger partial charge >= 0.3 is 0 Å². The molecule has 3 rings (SSSR count). The number of hydrogen-bond acceptors (Lipinski definition) is 2. The van der Waals surface area contributed by atoms with Gasteiger partial charge in [0, 0.05) is 5.56 Å². The zero-order valence-electron chi connectivity index (χ0n) is 10.8. The van der Waals surface area contributed by atoms with Gasteiger partial charge in [0.15, 0.2) is 0 Å². The lowest BCUT2D eigenvalue weighted by atomic mass is 10.1. The van der Waals surface area contributed by atoms with Crippen LogP contribution in [0.2, 0.25) is 0 Å². The molecular weight excluding hydrogens is 234 g/mol. The van der Waals surface area contributed by atoms with E-state index in [-0.39, 0.29) is 0 Å². The fraction of sp³-hybridized carbons (Fsp3) is 0.118. The Hall–Kier alpha value is -2.35. The van der Waals surface area contributed by atoms with Gasteiger partial charge in [-0.3, -0.25) is 0 Å². The minimum atomic E-state index is 0.540. The van der Waals surface area contributed by atoms with Gasteiger partial charge in [0.1, 0.15) is 6.61 Å². The molecule has 0 aromatic heterocycles. The van der Waals surface area contributed by atoms with E-state index in [0.29, 0.717) is 12.5 Å². The van der Waals surface area contributed by atoms with Crippen molar-refractivity contribution in [2.75, 3.05) is 6.61 Å². The van der Waals surface area contributed by atoms with Gasteiger partial charge < -0.3 is 4.74 Å². The molecule has 2 heteroatoms. The highest BCUT2D eigenvalue weighted by atomic mass is 16.5. The first-order chi connectivity index (χ1) is 9.31. The van der Waals surface area contributed by atoms with Crippen LogP contribution in [0.4, 0.5) is 0 Å². The first kappa shape index (κ1) is 11.7. The molecule has 2 nitrogen and oxygen atoms in total. The van der Waals surface area contributed by atoms with Gasteiger partial charge in [-0.1, -0.05) is 48.0 Å². The molecule has 1 aliphatic heterocycles. The van der Waals surface area contributed by atoms with Crippen LogP contribution in [-0.4, -0.2) is 12.5 Å². The van der Waals surface area contributed by atoms with Crippen molar-refractivity contribution in [3.05, 3.63) is 77.0 Å². The van der Waals surface area contributed by atoms with Crippen molar-refractivity contribution in [1.29, 1.82) is 0 Å². The maximum Gasteiger partial charge on any atom is 0.221 e. The maximum absolute atomic E-state index is 5.65. The summed E-state index contributed by atoms with van der Waals surface area (Å²) in [6.45, 7) is 2.61. The first-order valence-electron chi connectivity index (χ1n) is 6.35. The fourth-order valence-electron chi connectivity index (χ4n) is 2.00. The number of ether oxygens (including phenoxy) is 1. The summed E-state index contributed by atoms with van der Waals surface area (Å²) in [5, 5.41) is 0. The van der Waals surface area contributed by atoms with Crippen LogP contribution in [0.3, 0.4) is 0 Å². The maximum atomic E-state index is 5.65. The first-order valence-corrected chi connectivity index (χ1v) is 6.35. The fourth-order valence-corrected chi connectivity index (χ4v) is 2.00. The quantitative estimate of drug-likeness (QED) is 0.793. The van der Waals surface area contributed by atoms with E-state index >= 15 is 0 Å². The Morgan fingerprint density at radius 2 is 1.74 bits per heavy atom. The van der Waals surface area contributed by atoms with Gasteiger partial charge in [-0.05, 0) is 30.7 Å². The predicted octanol–water partition coefficient (Wildman–Crippen LogP) is 3.81. The molecule has 0 saturated heterocycles. The molecule has 19 heavy (non-hydrogen) atoms. The molecule has 0 radical (unpaired) electrons. The third-order valence-corrected chi connectivity index (χ3v) is 3.03. The Balaban J connectivity index is 1.85. The second-order valence-electron chi connectivity index (χ2n) is 4.62. The van der Waals surface area contributed by atoms with Crippen LogP contribution >= 0.6 is 0 Å². The molecule has 0 spiro atoms. The molecule has 0 atom stereocenters. The Kier molecular flexibility index (Phi) is 3.15. The van der Waals surface area contributed by atoms with Crippen LogP contribution < -0.4 is 0 Å². The Bertz CT molecular complexity index is 624. The number of aliphatic imine (C=N–C) groups is 1. The van der Waals surface area contributed by atoms with Gasteiger partial charge in [0.25, 0.3) is 0 Å². The van der Waals surface area contributed by atoms with Crippen LogP contribution in [0.25, 0.3) is 6.08 Å². The normalized spacial score (nSPS) is 16.3. The summed E-state index contributed by atoms with van der Waals surface area (Å²) in [4.78, 5) is 4.54. The predicted molar refractivity (Wildman–Crippen MR) is 78.1 cm³/mol. The molecule has 1 aliphatic rings. The minimum absolute atomic E-state index is 0.540. The summed E-state index contributed by atoms with van der Waals surface area (Å²) in [5.74, 6) is 0.710. The summed E-state index contributed by atoms with van der Waals surface area (Å²) in [5.41, 5.74) is 4.38. The molecule has 0 aliphatic carbocycles. The second kappa shape index (κ2) is 5.11. The second-order valence-corrected chi connectivity index (χ2v) is 4.62. The molecule has 1 heterocycles. The lowest BCUT2D eigenvalue weighted by molar-refractivity contribution is 0.365. The third kappa shape index (κ3) is 2.74. The van der Waals surface area contributed by atoms with Crippen molar-refractivity contribution in [2.45, 2.75) is 6.92 Å². The highest BCUT2D eigenvalue weighted by Crippen LogP contribution is 2.17. The van der Waals surface area contributed by atoms with Crippen molar-refractivity contribution in [2.24, 2.45) is 4.99 Å². The van der Waals surface area contributed by atoms with E-state index < -0.39 is 0 Å². The summed E-state index contributed by atoms with van der Waals surface area (Å²) < 4.78 is 5.65. The van der Waals surface area contributed by atoms with E-state index in [2.05, 4.69) is 42.3 Å². The van der Waals surface area contributed by atoms with Crippen LogP contribution in [0.5, 0.6) is 0 Å². The summed E-state index contributed by atoms with van der Waals surface area (Å²) in [6.07, 6.45) is 2.06. The smallest absolute Gasteiger partial charge is 0.221 e. The molecule has 2 aromatic rings. The average molecular weight is 249 g/mol. The summed E-state index contributed by atoms with van der Waals surface area (Å²) >= 11 is 0. The standard InChI is InChI=1S/C17H15NO/c1-13-7-9-15(10-8-13)17-18-16(12-19-17)11-14-5-3-2-4-6-14/h2-11H,12H2,1H3. The zero-order chi connectivity index (χ0) is 13.1. The SMILES string of the molecule is Cc1ccc(C2=NC(=Cc3ccccc3)CO2)cc1. The third-order valence-electron chi connectivity index (χ3n) is 3.03. The van der Waals surface area contributed by atoms with Crippen LogP contribution in [0, 0.1) is 6.92 Å². The highest BCUT2D eigenvalue weighted by Gasteiger charge is 2.14. The largest absolute Gasteiger partial charge is 0.471 e. The number of aryl methyl sites for hydroxylation is 1. The van der Waals surface area contributed by atoms with Crippen molar-refractivity contribution < 1.29 is 4.74 Å². The van der Waals surface area contributed by atoms with E-state index in [4.69, 9.17) is 4.74 Å². The molecule has 2 aromatic carbocycles. The van der Waals surface area contributed by atoms with Gasteiger partial charge in [0.2, 0.25) is 5.90 Å². The van der Waals surface area contributed by atoms with Crippen molar-refractivity contribution in [3.8, 4) is 0 Å². The van der Waals surface area contributed by atoms with Gasteiger partial charge in [-0.2, -0.15) is 0 Å². The van der Waals surface area contributed by atoms with Crippen molar-refractivity contribution in [3.63, 3.8) is 0 Å². The zero-order valence-corrected chi connectivity index (χ0v) is 10.8. The van der Waals surface area contributed by atoms with Crippen molar-refractivity contribution >= 4 is 12.0 Å². The van der Waals surface area contributed by atoms with E-state index in [1.807, 2.05) is 30.3 Å². The Labute approximate surface area is 113 Å². The van der Waals surface area contributed by atoms with Crippen molar-refractivity contribution in [1.82, 2.24) is 0 Å². The number of rotatable bonds is 2. The van der Waals surface area contributed by atoms with Gasteiger partial charge in [0.05, 0.1) is 5.70 Å². The molecule has 94 valence electrons. The molecule has 0 unspecified atom stereocenters. The molecule has 0 amide bonds. The molecule has 0 fully saturated rings. The monoisotopic (exact) mass is 249 g/mol. The molecular formula is C17H15NO. The molecule has 0 N–H and O–H groups in total. The van der Waals surface area contributed by atoms with E-state index in [9.17, 15) is 0 Å². The van der Waals surface area contributed by atoms with E-state index in [1.54, 1.807) is 0 Å². The Morgan fingerprint density at radius 1 is 1.00 bits per heavy atom. The van der Waals surface area contributed by atoms with E-state index in [1.165, 1.54) is 5.56 Å². The Morgan fingerprint density at radius 3 is 2.47 bits per heavy atom. The minimum Gasteiger partial charge on any atom is -0.471 e. The molecule has 0 saturated carbocycles. The van der Waals surface area contributed by atoms with Crippen LogP contribution in [-0.2, 0) is 4.74 Å². The van der Waals surface area contributed by atoms with Crippen LogP contribution in [0.1, 0.15) is 16.7 Å². The highest BCUT2D eigenvalue weighted by molar-refractivity contribution is 5.96. The van der Waals surface area contributed by atoms with E-state index in [0.717, 1.165) is 16.8 Å². The van der Waals surface area contributed by atoms with Crippen LogP contribution in [0.15, 0.2) is 65.3 Å². The number of hydrogen-bond donors (Lipinski definition) is 0. The lowest BCUT2D eigenvalue weighted by Gasteiger charge is -2.00. The average Bonchev–Trinajstić information content (AvgIpc) is 2.89. The number of benzene rings is 2. The van der Waals surface area contributed by atoms with Gasteiger partial charge in [-0.25, -0.2) is 4.99 Å². The summed E-state index contributed by atoms with van der Waals surface area (Å²) in [7, 11) is 0.